The van der Waals surface area contributed by atoms with Crippen molar-refractivity contribution in [2.24, 2.45) is 5.92 Å². The average Bonchev–Trinajstić information content (AvgIpc) is 3.41. The van der Waals surface area contributed by atoms with Gasteiger partial charge in [0, 0.05) is 6.07 Å². The predicted molar refractivity (Wildman–Crippen MR) is 109 cm³/mol. The van der Waals surface area contributed by atoms with Crippen LogP contribution >= 0.6 is 11.3 Å². The van der Waals surface area contributed by atoms with Gasteiger partial charge in [-0.25, -0.2) is 4.68 Å². The minimum atomic E-state index is -0.673. The molecule has 3 aromatic rings. The fourth-order valence-corrected chi connectivity index (χ4v) is 3.39. The van der Waals surface area contributed by atoms with Crippen molar-refractivity contribution < 1.29 is 14.3 Å². The maximum absolute atomic E-state index is 12.9. The third kappa shape index (κ3) is 5.17. The van der Waals surface area contributed by atoms with E-state index >= 15 is 0 Å². The second-order valence-electron chi connectivity index (χ2n) is 6.76. The van der Waals surface area contributed by atoms with Gasteiger partial charge in [-0.1, -0.05) is 19.9 Å². The molecule has 3 rings (SSSR count). The molecule has 2 amide bonds. The van der Waals surface area contributed by atoms with Gasteiger partial charge in [-0.3, -0.25) is 9.59 Å². The molecule has 0 bridgehead atoms. The molecule has 1 aromatic carbocycles. The zero-order valence-electron chi connectivity index (χ0n) is 16.3. The molecule has 0 fully saturated rings. The summed E-state index contributed by atoms with van der Waals surface area (Å²) in [4.78, 5) is 25.9. The summed E-state index contributed by atoms with van der Waals surface area (Å²) >= 11 is 1.33. The summed E-state index contributed by atoms with van der Waals surface area (Å²) in [6.07, 6.45) is 1.97. The van der Waals surface area contributed by atoms with E-state index in [9.17, 15) is 9.59 Å². The van der Waals surface area contributed by atoms with Crippen molar-refractivity contribution in [2.75, 3.05) is 12.4 Å². The van der Waals surface area contributed by atoms with Crippen LogP contribution in [0.15, 0.2) is 42.0 Å². The minimum Gasteiger partial charge on any atom is -0.494 e. The van der Waals surface area contributed by atoms with Gasteiger partial charge in [0.1, 0.15) is 18.1 Å². The number of nitrogens with zero attached hydrogens (tertiary/aromatic N) is 4. The van der Waals surface area contributed by atoms with Crippen molar-refractivity contribution in [3.8, 4) is 11.4 Å². The van der Waals surface area contributed by atoms with Crippen LogP contribution in [0.4, 0.5) is 5.69 Å². The second-order valence-corrected chi connectivity index (χ2v) is 7.71. The number of tetrazole rings is 1. The molecule has 2 heterocycles. The normalized spacial score (nSPS) is 11.9. The van der Waals surface area contributed by atoms with Gasteiger partial charge in [0.15, 0.2) is 0 Å². The van der Waals surface area contributed by atoms with Gasteiger partial charge in [0.2, 0.25) is 5.91 Å². The lowest BCUT2D eigenvalue weighted by Gasteiger charge is -2.21. The number of ether oxygens (including phenoxy) is 1. The summed E-state index contributed by atoms with van der Waals surface area (Å²) in [5, 5.41) is 18.6. The highest BCUT2D eigenvalue weighted by Crippen LogP contribution is 2.27. The van der Waals surface area contributed by atoms with E-state index in [-0.39, 0.29) is 17.7 Å². The third-order valence-electron chi connectivity index (χ3n) is 4.13. The van der Waals surface area contributed by atoms with Crippen molar-refractivity contribution in [3.63, 3.8) is 0 Å². The van der Waals surface area contributed by atoms with E-state index in [0.29, 0.717) is 28.4 Å². The number of anilines is 1. The van der Waals surface area contributed by atoms with Gasteiger partial charge in [-0.05, 0) is 46.3 Å². The Kier molecular flexibility index (Phi) is 6.55. The average molecular weight is 414 g/mol. The molecule has 10 heteroatoms. The molecular formula is C19H22N6O3S. The molecule has 0 saturated carbocycles. The lowest BCUT2D eigenvalue weighted by atomic mass is 10.0. The first-order chi connectivity index (χ1) is 14.0. The minimum absolute atomic E-state index is 0.221. The van der Waals surface area contributed by atoms with Gasteiger partial charge in [-0.2, -0.15) is 0 Å². The lowest BCUT2D eigenvalue weighted by molar-refractivity contribution is -0.118. The quantitative estimate of drug-likeness (QED) is 0.586. The van der Waals surface area contributed by atoms with E-state index in [1.807, 2.05) is 19.2 Å². The Morgan fingerprint density at radius 2 is 2.10 bits per heavy atom. The molecule has 0 aliphatic heterocycles. The molecular weight excluding hydrogens is 392 g/mol. The number of aromatic nitrogens is 4. The fraction of sp³-hybridized carbons (Fsp3) is 0.316. The predicted octanol–water partition coefficient (Wildman–Crippen LogP) is 2.52. The summed E-state index contributed by atoms with van der Waals surface area (Å²) in [5.41, 5.74) is 1.18. The van der Waals surface area contributed by atoms with E-state index < -0.39 is 6.04 Å². The highest BCUT2D eigenvalue weighted by molar-refractivity contribution is 7.12. The molecule has 0 spiro atoms. The molecule has 0 radical (unpaired) electrons. The van der Waals surface area contributed by atoms with Crippen LogP contribution in [0.25, 0.3) is 5.69 Å². The molecule has 152 valence electrons. The van der Waals surface area contributed by atoms with Crippen molar-refractivity contribution in [2.45, 2.75) is 26.3 Å². The Morgan fingerprint density at radius 1 is 1.28 bits per heavy atom. The SMILES string of the molecule is COc1cc(-n2cnnn2)ccc1NC(=O)C(CC(C)C)NC(=O)c1cccs1. The Balaban J connectivity index is 1.77. The largest absolute Gasteiger partial charge is 0.494 e. The van der Waals surface area contributed by atoms with Crippen LogP contribution < -0.4 is 15.4 Å². The van der Waals surface area contributed by atoms with Crippen molar-refractivity contribution >= 4 is 28.8 Å². The van der Waals surface area contributed by atoms with Crippen LogP contribution in [0, 0.1) is 5.92 Å². The number of methoxy groups -OCH3 is 1. The first-order valence-electron chi connectivity index (χ1n) is 9.04. The summed E-state index contributed by atoms with van der Waals surface area (Å²) < 4.78 is 6.89. The van der Waals surface area contributed by atoms with Crippen LogP contribution in [0.1, 0.15) is 29.9 Å². The topological polar surface area (TPSA) is 111 Å². The van der Waals surface area contributed by atoms with Crippen molar-refractivity contribution in [1.29, 1.82) is 0 Å². The highest BCUT2D eigenvalue weighted by atomic mass is 32.1. The maximum Gasteiger partial charge on any atom is 0.261 e. The lowest BCUT2D eigenvalue weighted by Crippen LogP contribution is -2.44. The summed E-state index contributed by atoms with van der Waals surface area (Å²) in [6, 6.07) is 8.04. The number of nitrogens with one attached hydrogen (secondary N) is 2. The standard InChI is InChI=1S/C19H22N6O3S/c1-12(2)9-15(22-19(27)17-5-4-8-29-17)18(26)21-14-7-6-13(10-16(14)28-3)25-11-20-23-24-25/h4-8,10-12,15H,9H2,1-3H3,(H,21,26)(H,22,27). The van der Waals surface area contributed by atoms with Crippen LogP contribution in [0.5, 0.6) is 5.75 Å². The monoisotopic (exact) mass is 414 g/mol. The van der Waals surface area contributed by atoms with E-state index in [0.717, 1.165) is 0 Å². The van der Waals surface area contributed by atoms with E-state index in [2.05, 4.69) is 26.2 Å². The molecule has 0 saturated heterocycles. The zero-order valence-corrected chi connectivity index (χ0v) is 17.1. The van der Waals surface area contributed by atoms with Crippen LogP contribution in [0.3, 0.4) is 0 Å². The van der Waals surface area contributed by atoms with Gasteiger partial charge >= 0.3 is 0 Å². The van der Waals surface area contributed by atoms with Crippen LogP contribution in [0.2, 0.25) is 0 Å². The first kappa shape index (κ1) is 20.5. The first-order valence-corrected chi connectivity index (χ1v) is 9.92. The van der Waals surface area contributed by atoms with Crippen molar-refractivity contribution in [1.82, 2.24) is 25.5 Å². The molecule has 1 unspecified atom stereocenters. The Morgan fingerprint density at radius 3 is 2.72 bits per heavy atom. The summed E-state index contributed by atoms with van der Waals surface area (Å²) in [6.45, 7) is 4.00. The number of carbonyl (C=O) groups is 2. The van der Waals surface area contributed by atoms with Crippen LogP contribution in [-0.4, -0.2) is 45.2 Å². The number of thiophene rings is 1. The number of carbonyl (C=O) groups excluding carboxylic acids is 2. The number of hydrogen-bond acceptors (Lipinski definition) is 7. The second kappa shape index (κ2) is 9.28. The third-order valence-corrected chi connectivity index (χ3v) is 5.00. The fourth-order valence-electron chi connectivity index (χ4n) is 2.77. The Labute approximate surface area is 172 Å². The molecule has 9 nitrogen and oxygen atoms in total. The van der Waals surface area contributed by atoms with E-state index in [4.69, 9.17) is 4.74 Å². The number of benzene rings is 1. The molecule has 0 aliphatic carbocycles. The molecule has 2 aromatic heterocycles. The van der Waals surface area contributed by atoms with Crippen LogP contribution in [-0.2, 0) is 4.79 Å². The van der Waals surface area contributed by atoms with E-state index in [1.165, 1.54) is 29.5 Å². The molecule has 29 heavy (non-hydrogen) atoms. The highest BCUT2D eigenvalue weighted by Gasteiger charge is 2.24. The number of amides is 2. The summed E-state index contributed by atoms with van der Waals surface area (Å²) in [7, 11) is 1.51. The molecule has 2 N–H and O–H groups in total. The smallest absolute Gasteiger partial charge is 0.261 e. The van der Waals surface area contributed by atoms with Gasteiger partial charge in [0.25, 0.3) is 5.91 Å². The van der Waals surface area contributed by atoms with Gasteiger partial charge in [0.05, 0.1) is 23.4 Å². The maximum atomic E-state index is 12.9. The molecule has 1 atom stereocenters. The molecule has 0 aliphatic rings. The zero-order chi connectivity index (χ0) is 20.8. The van der Waals surface area contributed by atoms with Gasteiger partial charge < -0.3 is 15.4 Å². The number of hydrogen-bond donors (Lipinski definition) is 2. The number of rotatable bonds is 8. The Hall–Kier alpha value is -3.27. The Bertz CT molecular complexity index is 957. The van der Waals surface area contributed by atoms with E-state index in [1.54, 1.807) is 30.3 Å². The van der Waals surface area contributed by atoms with Crippen molar-refractivity contribution in [3.05, 3.63) is 46.9 Å². The summed E-state index contributed by atoms with van der Waals surface area (Å²) in [5.74, 6) is 0.108. The van der Waals surface area contributed by atoms with Gasteiger partial charge in [-0.15, -0.1) is 16.4 Å².